The topological polar surface area (TPSA) is 80.5 Å². The summed E-state index contributed by atoms with van der Waals surface area (Å²) in [6.07, 6.45) is 5.08. The Balaban J connectivity index is 2.00. The van der Waals surface area contributed by atoms with Crippen molar-refractivity contribution in [1.29, 1.82) is 5.26 Å². The Morgan fingerprint density at radius 3 is 2.95 bits per heavy atom. The predicted molar refractivity (Wildman–Crippen MR) is 77.4 cm³/mol. The van der Waals surface area contributed by atoms with Crippen LogP contribution in [0.25, 0.3) is 11.4 Å². The van der Waals surface area contributed by atoms with Crippen LogP contribution in [0.4, 0.5) is 0 Å². The van der Waals surface area contributed by atoms with Gasteiger partial charge in [-0.1, -0.05) is 11.8 Å². The Kier molecular flexibility index (Phi) is 3.98. The van der Waals surface area contributed by atoms with Gasteiger partial charge in [0.25, 0.3) is 0 Å². The van der Waals surface area contributed by atoms with Crippen LogP contribution < -0.4 is 0 Å². The minimum atomic E-state index is 0.323. The number of nitriles is 1. The molecule has 7 heteroatoms. The third-order valence-electron chi connectivity index (χ3n) is 2.80. The fraction of sp³-hybridized carbons (Fsp3) is 0.143. The zero-order valence-electron chi connectivity index (χ0n) is 11.0. The van der Waals surface area contributed by atoms with E-state index in [0.717, 1.165) is 11.3 Å². The van der Waals surface area contributed by atoms with Crippen molar-refractivity contribution in [2.45, 2.75) is 11.7 Å². The quantitative estimate of drug-likeness (QED) is 0.673. The van der Waals surface area contributed by atoms with Crippen LogP contribution in [-0.4, -0.2) is 25.5 Å². The first-order chi connectivity index (χ1) is 10.4. The molecule has 0 N–H and O–H groups in total. The molecule has 0 aliphatic heterocycles. The molecule has 0 amide bonds. The van der Waals surface area contributed by atoms with Crippen molar-refractivity contribution >= 4 is 11.8 Å². The molecule has 0 unspecified atom stereocenters. The molecule has 0 atom stereocenters. The predicted octanol–water partition coefficient (Wildman–Crippen LogP) is 2.60. The largest absolute Gasteiger partial charge is 0.467 e. The molecule has 21 heavy (non-hydrogen) atoms. The summed E-state index contributed by atoms with van der Waals surface area (Å²) in [5, 5.41) is 17.8. The molecular formula is C14H11N5OS. The van der Waals surface area contributed by atoms with Crippen molar-refractivity contribution in [2.24, 2.45) is 0 Å². The van der Waals surface area contributed by atoms with Gasteiger partial charge in [0, 0.05) is 18.0 Å². The van der Waals surface area contributed by atoms with Crippen molar-refractivity contribution in [3.8, 4) is 17.5 Å². The highest BCUT2D eigenvalue weighted by Crippen LogP contribution is 2.24. The zero-order valence-corrected chi connectivity index (χ0v) is 11.8. The van der Waals surface area contributed by atoms with E-state index in [9.17, 15) is 0 Å². The van der Waals surface area contributed by atoms with Crippen LogP contribution in [0.2, 0.25) is 0 Å². The number of hydrogen-bond donors (Lipinski definition) is 0. The Hall–Kier alpha value is -2.59. The van der Waals surface area contributed by atoms with E-state index in [-0.39, 0.29) is 0 Å². The van der Waals surface area contributed by atoms with E-state index < -0.39 is 0 Å². The number of aromatic nitrogens is 4. The molecule has 3 rings (SSSR count). The molecule has 0 aliphatic rings. The van der Waals surface area contributed by atoms with E-state index in [1.54, 1.807) is 18.7 Å². The number of hydrogen-bond acceptors (Lipinski definition) is 6. The van der Waals surface area contributed by atoms with Gasteiger partial charge in [0.05, 0.1) is 24.6 Å². The summed E-state index contributed by atoms with van der Waals surface area (Å²) >= 11 is 1.35. The Bertz CT molecular complexity index is 746. The third-order valence-corrected chi connectivity index (χ3v) is 3.63. The SMILES string of the molecule is N#CCSc1nnc(-c2cccnc2)n1Cc1ccco1. The highest BCUT2D eigenvalue weighted by atomic mass is 32.2. The monoisotopic (exact) mass is 297 g/mol. The molecule has 3 heterocycles. The summed E-state index contributed by atoms with van der Waals surface area (Å²) in [4.78, 5) is 4.11. The number of furan rings is 1. The van der Waals surface area contributed by atoms with Crippen LogP contribution in [0, 0.1) is 11.3 Å². The summed E-state index contributed by atoms with van der Waals surface area (Å²) in [6.45, 7) is 0.512. The number of nitrogens with zero attached hydrogens (tertiary/aromatic N) is 5. The highest BCUT2D eigenvalue weighted by molar-refractivity contribution is 7.99. The maximum atomic E-state index is 8.74. The van der Waals surface area contributed by atoms with Gasteiger partial charge >= 0.3 is 0 Å². The average molecular weight is 297 g/mol. The van der Waals surface area contributed by atoms with Gasteiger partial charge in [0.15, 0.2) is 11.0 Å². The van der Waals surface area contributed by atoms with Gasteiger partial charge in [0.1, 0.15) is 5.76 Å². The van der Waals surface area contributed by atoms with Crippen LogP contribution in [0.1, 0.15) is 5.76 Å². The molecule has 0 fully saturated rings. The smallest absolute Gasteiger partial charge is 0.192 e. The summed E-state index contributed by atoms with van der Waals surface area (Å²) < 4.78 is 7.32. The second-order valence-electron chi connectivity index (χ2n) is 4.16. The van der Waals surface area contributed by atoms with Crippen molar-refractivity contribution in [3.63, 3.8) is 0 Å². The lowest BCUT2D eigenvalue weighted by atomic mass is 10.2. The van der Waals surface area contributed by atoms with Crippen molar-refractivity contribution in [2.75, 3.05) is 5.75 Å². The minimum Gasteiger partial charge on any atom is -0.467 e. The van der Waals surface area contributed by atoms with E-state index in [2.05, 4.69) is 21.3 Å². The average Bonchev–Trinajstić information content (AvgIpc) is 3.17. The molecule has 0 aromatic carbocycles. The number of pyridine rings is 1. The maximum absolute atomic E-state index is 8.74. The molecule has 0 saturated heterocycles. The van der Waals surface area contributed by atoms with Gasteiger partial charge in [-0.2, -0.15) is 5.26 Å². The van der Waals surface area contributed by atoms with Crippen LogP contribution in [-0.2, 0) is 6.54 Å². The fourth-order valence-corrected chi connectivity index (χ4v) is 2.50. The lowest BCUT2D eigenvalue weighted by Gasteiger charge is -2.07. The summed E-state index contributed by atoms with van der Waals surface area (Å²) in [6, 6.07) is 9.61. The van der Waals surface area contributed by atoms with Crippen LogP contribution in [0.3, 0.4) is 0 Å². The summed E-state index contributed by atoms with van der Waals surface area (Å²) in [5.41, 5.74) is 0.875. The molecule has 3 aromatic rings. The highest BCUT2D eigenvalue weighted by Gasteiger charge is 2.15. The lowest BCUT2D eigenvalue weighted by molar-refractivity contribution is 0.485. The van der Waals surface area contributed by atoms with E-state index in [1.807, 2.05) is 28.8 Å². The molecule has 3 aromatic heterocycles. The summed E-state index contributed by atoms with van der Waals surface area (Å²) in [5.74, 6) is 1.84. The third kappa shape index (κ3) is 2.95. The van der Waals surface area contributed by atoms with Crippen LogP contribution in [0.5, 0.6) is 0 Å². The Morgan fingerprint density at radius 1 is 1.29 bits per heavy atom. The molecular weight excluding hydrogens is 286 g/mol. The molecule has 0 spiro atoms. The lowest BCUT2D eigenvalue weighted by Crippen LogP contribution is -2.03. The van der Waals surface area contributed by atoms with E-state index in [4.69, 9.17) is 9.68 Å². The second-order valence-corrected chi connectivity index (χ2v) is 5.10. The van der Waals surface area contributed by atoms with Gasteiger partial charge in [0.2, 0.25) is 0 Å². The molecule has 0 saturated carbocycles. The fourth-order valence-electron chi connectivity index (χ4n) is 1.90. The second kappa shape index (κ2) is 6.24. The Labute approximate surface area is 125 Å². The molecule has 0 bridgehead atoms. The first-order valence-corrected chi connectivity index (χ1v) is 7.23. The van der Waals surface area contributed by atoms with E-state index in [1.165, 1.54) is 11.8 Å². The molecule has 0 radical (unpaired) electrons. The van der Waals surface area contributed by atoms with E-state index >= 15 is 0 Å². The first kappa shape index (κ1) is 13.4. The normalized spacial score (nSPS) is 10.4. The number of rotatable bonds is 5. The van der Waals surface area contributed by atoms with E-state index in [0.29, 0.717) is 23.3 Å². The van der Waals surface area contributed by atoms with Gasteiger partial charge in [-0.15, -0.1) is 10.2 Å². The van der Waals surface area contributed by atoms with Crippen molar-refractivity contribution in [1.82, 2.24) is 19.7 Å². The van der Waals surface area contributed by atoms with Gasteiger partial charge in [-0.25, -0.2) is 0 Å². The maximum Gasteiger partial charge on any atom is 0.192 e. The Morgan fingerprint density at radius 2 is 2.24 bits per heavy atom. The van der Waals surface area contributed by atoms with Gasteiger partial charge < -0.3 is 4.42 Å². The minimum absolute atomic E-state index is 0.323. The van der Waals surface area contributed by atoms with Crippen LogP contribution in [0.15, 0.2) is 52.5 Å². The van der Waals surface area contributed by atoms with Gasteiger partial charge in [-0.05, 0) is 24.3 Å². The molecule has 6 nitrogen and oxygen atoms in total. The standard InChI is InChI=1S/C14H11N5OS/c15-5-8-21-14-18-17-13(11-3-1-6-16-9-11)19(14)10-12-4-2-7-20-12/h1-4,6-7,9H,8,10H2. The zero-order chi connectivity index (χ0) is 14.5. The molecule has 0 aliphatic carbocycles. The summed E-state index contributed by atoms with van der Waals surface area (Å²) in [7, 11) is 0. The van der Waals surface area contributed by atoms with Crippen LogP contribution >= 0.6 is 11.8 Å². The van der Waals surface area contributed by atoms with Crippen molar-refractivity contribution < 1.29 is 4.42 Å². The van der Waals surface area contributed by atoms with Crippen molar-refractivity contribution in [3.05, 3.63) is 48.7 Å². The molecule has 104 valence electrons. The van der Waals surface area contributed by atoms with Gasteiger partial charge in [-0.3, -0.25) is 9.55 Å². The first-order valence-electron chi connectivity index (χ1n) is 6.24. The number of thioether (sulfide) groups is 1.